The van der Waals surface area contributed by atoms with Crippen LogP contribution in [0.25, 0.3) is 0 Å². The molecule has 150 valence electrons. The van der Waals surface area contributed by atoms with E-state index in [9.17, 15) is 4.79 Å². The Balaban J connectivity index is 1.40. The van der Waals surface area contributed by atoms with E-state index in [4.69, 9.17) is 0 Å². The lowest BCUT2D eigenvalue weighted by Crippen LogP contribution is -2.51. The number of aromatic nitrogens is 1. The van der Waals surface area contributed by atoms with Gasteiger partial charge in [-0.2, -0.15) is 0 Å². The number of rotatable bonds is 6. The lowest BCUT2D eigenvalue weighted by molar-refractivity contribution is -0.127. The summed E-state index contributed by atoms with van der Waals surface area (Å²) >= 11 is 0. The van der Waals surface area contributed by atoms with Crippen molar-refractivity contribution in [1.29, 1.82) is 0 Å². The molecule has 2 fully saturated rings. The van der Waals surface area contributed by atoms with Crippen LogP contribution in [0.4, 0.5) is 0 Å². The molecule has 0 aromatic carbocycles. The van der Waals surface area contributed by atoms with Crippen LogP contribution < -0.4 is 5.32 Å². The number of amides is 1. The van der Waals surface area contributed by atoms with Gasteiger partial charge in [0, 0.05) is 36.4 Å². The predicted molar refractivity (Wildman–Crippen MR) is 110 cm³/mol. The lowest BCUT2D eigenvalue weighted by Gasteiger charge is -2.43. The van der Waals surface area contributed by atoms with Gasteiger partial charge in [-0.3, -0.25) is 9.78 Å². The molecule has 1 N–H and O–H groups in total. The van der Waals surface area contributed by atoms with Crippen LogP contribution in [0.2, 0.25) is 0 Å². The first kappa shape index (κ1) is 20.3. The van der Waals surface area contributed by atoms with Gasteiger partial charge in [0.25, 0.3) is 0 Å². The molecule has 5 nitrogen and oxygen atoms in total. The number of hydrogen-bond donors (Lipinski definition) is 1. The van der Waals surface area contributed by atoms with Crippen molar-refractivity contribution in [1.82, 2.24) is 20.1 Å². The molecule has 1 aromatic heterocycles. The molecule has 0 radical (unpaired) electrons. The fourth-order valence-electron chi connectivity index (χ4n) is 4.61. The van der Waals surface area contributed by atoms with E-state index in [-0.39, 0.29) is 17.9 Å². The first-order chi connectivity index (χ1) is 13.0. The highest BCUT2D eigenvalue weighted by Gasteiger charge is 2.31. The maximum Gasteiger partial charge on any atom is 0.223 e. The minimum Gasteiger partial charge on any atom is -0.354 e. The van der Waals surface area contributed by atoms with Crippen LogP contribution in [0.1, 0.15) is 52.0 Å². The summed E-state index contributed by atoms with van der Waals surface area (Å²) < 4.78 is 0. The number of nitrogens with zero attached hydrogens (tertiary/aromatic N) is 3. The summed E-state index contributed by atoms with van der Waals surface area (Å²) in [5.74, 6) is 0.465. The molecule has 3 rings (SSSR count). The monoisotopic (exact) mass is 372 g/mol. The van der Waals surface area contributed by atoms with Crippen LogP contribution in [-0.2, 0) is 11.2 Å². The summed E-state index contributed by atoms with van der Waals surface area (Å²) in [7, 11) is 0. The van der Waals surface area contributed by atoms with Crippen LogP contribution in [0.5, 0.6) is 0 Å². The summed E-state index contributed by atoms with van der Waals surface area (Å²) in [6, 6.07) is 5.71. The van der Waals surface area contributed by atoms with Crippen LogP contribution in [0.15, 0.2) is 24.5 Å². The largest absolute Gasteiger partial charge is 0.354 e. The Morgan fingerprint density at radius 2 is 1.85 bits per heavy atom. The Morgan fingerprint density at radius 3 is 2.44 bits per heavy atom. The lowest BCUT2D eigenvalue weighted by atomic mass is 9.92. The minimum absolute atomic E-state index is 0.211. The number of pyridine rings is 1. The van der Waals surface area contributed by atoms with Gasteiger partial charge in [-0.05, 0) is 90.7 Å². The van der Waals surface area contributed by atoms with E-state index in [0.717, 1.165) is 32.4 Å². The number of piperidine rings is 2. The highest BCUT2D eigenvalue weighted by atomic mass is 16.1. The van der Waals surface area contributed by atoms with Crippen molar-refractivity contribution in [2.45, 2.75) is 71.0 Å². The van der Waals surface area contributed by atoms with E-state index in [2.05, 4.69) is 33.1 Å². The standard InChI is InChI=1S/C22H36N4O/c1-17(2)24-22(27)20-6-11-26(12-7-20)21-8-13-25(14-9-21)18(3)15-19-5-4-10-23-16-19/h4-5,10,16-18,20-21H,6-9,11-15H2,1-3H3,(H,24,27)/t18-/m0/s1. The van der Waals surface area contributed by atoms with Gasteiger partial charge >= 0.3 is 0 Å². The molecule has 5 heteroatoms. The first-order valence-electron chi connectivity index (χ1n) is 10.7. The van der Waals surface area contributed by atoms with Crippen LogP contribution >= 0.6 is 0 Å². The third-order valence-corrected chi connectivity index (χ3v) is 6.22. The molecular formula is C22H36N4O. The average Bonchev–Trinajstić information content (AvgIpc) is 2.68. The second kappa shape index (κ2) is 9.65. The smallest absolute Gasteiger partial charge is 0.223 e. The van der Waals surface area contributed by atoms with Crippen molar-refractivity contribution in [3.63, 3.8) is 0 Å². The molecule has 2 aliphatic rings. The van der Waals surface area contributed by atoms with Crippen LogP contribution in [-0.4, -0.2) is 65.0 Å². The van der Waals surface area contributed by atoms with Gasteiger partial charge < -0.3 is 15.1 Å². The van der Waals surface area contributed by atoms with Crippen molar-refractivity contribution in [2.75, 3.05) is 26.2 Å². The van der Waals surface area contributed by atoms with E-state index in [1.165, 1.54) is 31.5 Å². The molecule has 27 heavy (non-hydrogen) atoms. The molecule has 3 heterocycles. The van der Waals surface area contributed by atoms with Gasteiger partial charge in [-0.15, -0.1) is 0 Å². The zero-order chi connectivity index (χ0) is 19.2. The molecule has 0 spiro atoms. The normalized spacial score (nSPS) is 22.1. The van der Waals surface area contributed by atoms with Crippen molar-refractivity contribution in [2.24, 2.45) is 5.92 Å². The zero-order valence-corrected chi connectivity index (χ0v) is 17.2. The Morgan fingerprint density at radius 1 is 1.15 bits per heavy atom. The number of hydrogen-bond acceptors (Lipinski definition) is 4. The van der Waals surface area contributed by atoms with Crippen molar-refractivity contribution in [3.8, 4) is 0 Å². The van der Waals surface area contributed by atoms with E-state index >= 15 is 0 Å². The summed E-state index contributed by atoms with van der Waals surface area (Å²) in [6.45, 7) is 10.9. The van der Waals surface area contributed by atoms with Crippen molar-refractivity contribution in [3.05, 3.63) is 30.1 Å². The molecule has 2 aliphatic heterocycles. The number of likely N-dealkylation sites (tertiary alicyclic amines) is 2. The predicted octanol–water partition coefficient (Wildman–Crippen LogP) is 2.71. The zero-order valence-electron chi connectivity index (χ0n) is 17.2. The highest BCUT2D eigenvalue weighted by molar-refractivity contribution is 5.78. The number of carbonyl (C=O) groups is 1. The van der Waals surface area contributed by atoms with E-state index in [0.29, 0.717) is 12.1 Å². The van der Waals surface area contributed by atoms with Gasteiger partial charge in [0.1, 0.15) is 0 Å². The maximum absolute atomic E-state index is 12.2. The van der Waals surface area contributed by atoms with Crippen LogP contribution in [0.3, 0.4) is 0 Å². The second-order valence-electron chi connectivity index (χ2n) is 8.66. The SMILES string of the molecule is CC(C)NC(=O)C1CCN(C2CCN([C@@H](C)Cc3cccnc3)CC2)CC1. The van der Waals surface area contributed by atoms with Gasteiger partial charge in [-0.1, -0.05) is 6.07 Å². The maximum atomic E-state index is 12.2. The average molecular weight is 373 g/mol. The van der Waals surface area contributed by atoms with Gasteiger partial charge in [0.2, 0.25) is 5.91 Å². The highest BCUT2D eigenvalue weighted by Crippen LogP contribution is 2.25. The third-order valence-electron chi connectivity index (χ3n) is 6.22. The molecule has 0 bridgehead atoms. The molecule has 1 amide bonds. The van der Waals surface area contributed by atoms with Crippen molar-refractivity contribution < 1.29 is 4.79 Å². The Kier molecular flexibility index (Phi) is 7.25. The van der Waals surface area contributed by atoms with Crippen LogP contribution in [0, 0.1) is 5.92 Å². The molecule has 2 saturated heterocycles. The molecular weight excluding hydrogens is 336 g/mol. The van der Waals surface area contributed by atoms with Crippen molar-refractivity contribution >= 4 is 5.91 Å². The molecule has 1 atom stereocenters. The first-order valence-corrected chi connectivity index (χ1v) is 10.7. The molecule has 1 aromatic rings. The fourth-order valence-corrected chi connectivity index (χ4v) is 4.61. The fraction of sp³-hybridized carbons (Fsp3) is 0.727. The summed E-state index contributed by atoms with van der Waals surface area (Å²) in [5.41, 5.74) is 1.33. The summed E-state index contributed by atoms with van der Waals surface area (Å²) in [6.07, 6.45) is 9.43. The Labute approximate surface area is 164 Å². The topological polar surface area (TPSA) is 48.5 Å². The minimum atomic E-state index is 0.211. The number of nitrogens with one attached hydrogen (secondary N) is 1. The summed E-state index contributed by atoms with van der Waals surface area (Å²) in [5, 5.41) is 3.08. The third kappa shape index (κ3) is 5.76. The van der Waals surface area contributed by atoms with Gasteiger partial charge in [0.05, 0.1) is 0 Å². The molecule has 0 aliphatic carbocycles. The summed E-state index contributed by atoms with van der Waals surface area (Å²) in [4.78, 5) is 21.7. The molecule has 0 unspecified atom stereocenters. The van der Waals surface area contributed by atoms with E-state index in [1.54, 1.807) is 0 Å². The van der Waals surface area contributed by atoms with Gasteiger partial charge in [0.15, 0.2) is 0 Å². The van der Waals surface area contributed by atoms with Gasteiger partial charge in [-0.25, -0.2) is 0 Å². The Bertz CT molecular complexity index is 575. The quantitative estimate of drug-likeness (QED) is 0.834. The number of carbonyl (C=O) groups excluding carboxylic acids is 1. The van der Waals surface area contributed by atoms with E-state index in [1.807, 2.05) is 32.3 Å². The second-order valence-corrected chi connectivity index (χ2v) is 8.66. The molecule has 0 saturated carbocycles. The Hall–Kier alpha value is -1.46. The van der Waals surface area contributed by atoms with E-state index < -0.39 is 0 Å².